The Hall–Kier alpha value is -1.62. The first-order chi connectivity index (χ1) is 9.22. The van der Waals surface area contributed by atoms with E-state index in [1.54, 1.807) is 12.1 Å². The summed E-state index contributed by atoms with van der Waals surface area (Å²) >= 11 is 0. The summed E-state index contributed by atoms with van der Waals surface area (Å²) in [6.45, 7) is 0.986. The van der Waals surface area contributed by atoms with E-state index >= 15 is 0 Å². The van der Waals surface area contributed by atoms with Gasteiger partial charge < -0.3 is 15.6 Å². The van der Waals surface area contributed by atoms with Crippen molar-refractivity contribution >= 4 is 5.91 Å². The maximum Gasteiger partial charge on any atom is 0.270 e. The fourth-order valence-electron chi connectivity index (χ4n) is 2.71. The van der Waals surface area contributed by atoms with E-state index in [9.17, 15) is 9.59 Å². The molecule has 0 unspecified atom stereocenters. The summed E-state index contributed by atoms with van der Waals surface area (Å²) in [6.07, 6.45) is 5.61. The normalized spacial score (nSPS) is 16.3. The lowest BCUT2D eigenvalue weighted by molar-refractivity contribution is 0.0635. The molecule has 0 aliphatic heterocycles. The predicted molar refractivity (Wildman–Crippen MR) is 74.0 cm³/mol. The molecular formula is C14H21N3O2. The Bertz CT molecular complexity index is 478. The topological polar surface area (TPSA) is 79.2 Å². The fourth-order valence-corrected chi connectivity index (χ4v) is 2.71. The van der Waals surface area contributed by atoms with E-state index in [4.69, 9.17) is 5.73 Å². The van der Waals surface area contributed by atoms with Gasteiger partial charge in [-0.25, -0.2) is 0 Å². The van der Waals surface area contributed by atoms with Crippen molar-refractivity contribution in [2.24, 2.45) is 5.73 Å². The highest BCUT2D eigenvalue weighted by molar-refractivity contribution is 5.92. The van der Waals surface area contributed by atoms with E-state index in [2.05, 4.69) is 4.98 Å². The molecule has 1 aromatic heterocycles. The number of nitrogens with zero attached hydrogens (tertiary/aromatic N) is 1. The van der Waals surface area contributed by atoms with Gasteiger partial charge in [0.1, 0.15) is 5.69 Å². The van der Waals surface area contributed by atoms with Crippen LogP contribution in [0.1, 0.15) is 42.6 Å². The average Bonchev–Trinajstić information content (AvgIpc) is 2.45. The van der Waals surface area contributed by atoms with Gasteiger partial charge in [-0.15, -0.1) is 0 Å². The fraction of sp³-hybridized carbons (Fsp3) is 0.571. The second kappa shape index (κ2) is 6.52. The lowest BCUT2D eigenvalue weighted by atomic mass is 9.94. The molecule has 19 heavy (non-hydrogen) atoms. The van der Waals surface area contributed by atoms with Crippen LogP contribution in [0, 0.1) is 0 Å². The number of nitrogens with one attached hydrogen (secondary N) is 1. The van der Waals surface area contributed by atoms with Gasteiger partial charge in [0.25, 0.3) is 5.91 Å². The van der Waals surface area contributed by atoms with Crippen LogP contribution in [-0.4, -0.2) is 34.9 Å². The number of hydrogen-bond acceptors (Lipinski definition) is 3. The van der Waals surface area contributed by atoms with E-state index in [-0.39, 0.29) is 17.5 Å². The summed E-state index contributed by atoms with van der Waals surface area (Å²) in [5.74, 6) is -0.116. The Morgan fingerprint density at radius 1 is 1.32 bits per heavy atom. The van der Waals surface area contributed by atoms with Crippen molar-refractivity contribution in [1.29, 1.82) is 0 Å². The molecule has 0 radical (unpaired) electrons. The number of aromatic nitrogens is 1. The molecule has 1 fully saturated rings. The molecule has 2 rings (SSSR count). The van der Waals surface area contributed by atoms with Gasteiger partial charge in [0.05, 0.1) is 0 Å². The van der Waals surface area contributed by atoms with Gasteiger partial charge in [0.2, 0.25) is 5.56 Å². The molecule has 0 aromatic carbocycles. The first-order valence-electron chi connectivity index (χ1n) is 6.93. The second-order valence-electron chi connectivity index (χ2n) is 5.01. The van der Waals surface area contributed by atoms with Crippen LogP contribution in [0.2, 0.25) is 0 Å². The molecule has 0 atom stereocenters. The van der Waals surface area contributed by atoms with Crippen molar-refractivity contribution < 1.29 is 4.79 Å². The Morgan fingerprint density at radius 3 is 2.68 bits per heavy atom. The minimum Gasteiger partial charge on any atom is -0.333 e. The maximum atomic E-state index is 12.5. The molecule has 104 valence electrons. The SMILES string of the molecule is NCCN(C(=O)c1cccc(=O)[nH]1)C1CCCCC1. The van der Waals surface area contributed by atoms with Crippen LogP contribution in [0.5, 0.6) is 0 Å². The number of amides is 1. The van der Waals surface area contributed by atoms with E-state index in [0.29, 0.717) is 18.8 Å². The largest absolute Gasteiger partial charge is 0.333 e. The zero-order valence-corrected chi connectivity index (χ0v) is 11.1. The zero-order chi connectivity index (χ0) is 13.7. The molecule has 1 heterocycles. The van der Waals surface area contributed by atoms with Crippen LogP contribution in [0.3, 0.4) is 0 Å². The zero-order valence-electron chi connectivity index (χ0n) is 11.1. The molecule has 1 aromatic rings. The number of pyridine rings is 1. The summed E-state index contributed by atoms with van der Waals surface area (Å²) in [6, 6.07) is 4.92. The Morgan fingerprint density at radius 2 is 2.05 bits per heavy atom. The van der Waals surface area contributed by atoms with Gasteiger partial charge in [0, 0.05) is 25.2 Å². The first-order valence-corrected chi connectivity index (χ1v) is 6.93. The van der Waals surface area contributed by atoms with Crippen molar-refractivity contribution in [2.75, 3.05) is 13.1 Å². The van der Waals surface area contributed by atoms with Crippen LogP contribution >= 0.6 is 0 Å². The van der Waals surface area contributed by atoms with Gasteiger partial charge in [-0.1, -0.05) is 25.3 Å². The van der Waals surface area contributed by atoms with Crippen molar-refractivity contribution in [3.8, 4) is 0 Å². The summed E-state index contributed by atoms with van der Waals surface area (Å²) in [7, 11) is 0. The molecule has 1 amide bonds. The van der Waals surface area contributed by atoms with Gasteiger partial charge in [0.15, 0.2) is 0 Å². The molecule has 1 aliphatic carbocycles. The minimum absolute atomic E-state index is 0.116. The number of nitrogens with two attached hydrogens (primary N) is 1. The quantitative estimate of drug-likeness (QED) is 0.854. The summed E-state index contributed by atoms with van der Waals surface area (Å²) in [5, 5.41) is 0. The Balaban J connectivity index is 2.17. The highest BCUT2D eigenvalue weighted by Crippen LogP contribution is 2.23. The number of hydrogen-bond donors (Lipinski definition) is 2. The molecular weight excluding hydrogens is 242 g/mol. The summed E-state index contributed by atoms with van der Waals surface area (Å²) in [5.41, 5.74) is 5.72. The Kier molecular flexibility index (Phi) is 4.74. The number of rotatable bonds is 4. The van der Waals surface area contributed by atoms with Gasteiger partial charge in [-0.3, -0.25) is 9.59 Å². The molecule has 0 saturated heterocycles. The minimum atomic E-state index is -0.248. The number of aromatic amines is 1. The maximum absolute atomic E-state index is 12.5. The molecule has 1 saturated carbocycles. The van der Waals surface area contributed by atoms with Gasteiger partial charge >= 0.3 is 0 Å². The lowest BCUT2D eigenvalue weighted by Gasteiger charge is -2.34. The summed E-state index contributed by atoms with van der Waals surface area (Å²) < 4.78 is 0. The number of H-pyrrole nitrogens is 1. The van der Waals surface area contributed by atoms with E-state index < -0.39 is 0 Å². The third-order valence-electron chi connectivity index (χ3n) is 3.65. The third-order valence-corrected chi connectivity index (χ3v) is 3.65. The predicted octanol–water partition coefficient (Wildman–Crippen LogP) is 1.11. The smallest absolute Gasteiger partial charge is 0.270 e. The van der Waals surface area contributed by atoms with Crippen molar-refractivity contribution in [2.45, 2.75) is 38.1 Å². The van der Waals surface area contributed by atoms with Crippen molar-refractivity contribution in [3.63, 3.8) is 0 Å². The number of carbonyl (C=O) groups excluding carboxylic acids is 1. The van der Waals surface area contributed by atoms with Gasteiger partial charge in [-0.2, -0.15) is 0 Å². The van der Waals surface area contributed by atoms with Crippen molar-refractivity contribution in [1.82, 2.24) is 9.88 Å². The van der Waals surface area contributed by atoms with Crippen LogP contribution < -0.4 is 11.3 Å². The highest BCUT2D eigenvalue weighted by Gasteiger charge is 2.25. The molecule has 0 bridgehead atoms. The molecule has 3 N–H and O–H groups in total. The number of carbonyl (C=O) groups is 1. The van der Waals surface area contributed by atoms with Crippen LogP contribution in [0.4, 0.5) is 0 Å². The lowest BCUT2D eigenvalue weighted by Crippen LogP contribution is -2.44. The van der Waals surface area contributed by atoms with Crippen LogP contribution in [0.15, 0.2) is 23.0 Å². The molecule has 0 spiro atoms. The standard InChI is InChI=1S/C14H21N3O2/c15-9-10-17(11-5-2-1-3-6-11)14(19)12-7-4-8-13(18)16-12/h4,7-8,11H,1-3,5-6,9-10,15H2,(H,16,18). The third kappa shape index (κ3) is 3.44. The van der Waals surface area contributed by atoms with E-state index in [1.165, 1.54) is 12.5 Å². The van der Waals surface area contributed by atoms with E-state index in [1.807, 2.05) is 4.90 Å². The first kappa shape index (κ1) is 13.8. The molecule has 1 aliphatic rings. The highest BCUT2D eigenvalue weighted by atomic mass is 16.2. The summed E-state index contributed by atoms with van der Waals surface area (Å²) in [4.78, 5) is 28.2. The Labute approximate surface area is 112 Å². The molecule has 5 heteroatoms. The van der Waals surface area contributed by atoms with Gasteiger partial charge in [-0.05, 0) is 18.9 Å². The second-order valence-corrected chi connectivity index (χ2v) is 5.01. The monoisotopic (exact) mass is 263 g/mol. The van der Waals surface area contributed by atoms with Crippen molar-refractivity contribution in [3.05, 3.63) is 34.2 Å². The average molecular weight is 263 g/mol. The van der Waals surface area contributed by atoms with E-state index in [0.717, 1.165) is 25.7 Å². The van der Waals surface area contributed by atoms with Crippen LogP contribution in [-0.2, 0) is 0 Å². The van der Waals surface area contributed by atoms with Crippen LogP contribution in [0.25, 0.3) is 0 Å². The molecule has 5 nitrogen and oxygen atoms in total.